The predicted molar refractivity (Wildman–Crippen MR) is 76.2 cm³/mol. The zero-order valence-corrected chi connectivity index (χ0v) is 11.8. The summed E-state index contributed by atoms with van der Waals surface area (Å²) < 4.78 is 5.76. The predicted octanol–water partition coefficient (Wildman–Crippen LogP) is 2.96. The maximum absolute atomic E-state index is 5.76. The van der Waals surface area contributed by atoms with Crippen LogP contribution in [0, 0.1) is 0 Å². The fraction of sp³-hybridized carbons (Fsp3) is 0.600. The Bertz CT molecular complexity index is 341. The Labute approximate surface area is 111 Å². The lowest BCUT2D eigenvalue weighted by molar-refractivity contribution is 0.0314. The summed E-state index contributed by atoms with van der Waals surface area (Å²) in [6, 6.07) is 8.68. The van der Waals surface area contributed by atoms with Gasteiger partial charge in [-0.3, -0.25) is 11.3 Å². The van der Waals surface area contributed by atoms with Gasteiger partial charge in [-0.1, -0.05) is 44.5 Å². The Morgan fingerprint density at radius 1 is 1.28 bits per heavy atom. The second-order valence-corrected chi connectivity index (χ2v) is 4.54. The van der Waals surface area contributed by atoms with E-state index in [2.05, 4.69) is 43.5 Å². The van der Waals surface area contributed by atoms with Crippen molar-refractivity contribution in [2.75, 3.05) is 6.61 Å². The fourth-order valence-corrected chi connectivity index (χ4v) is 2.31. The lowest BCUT2D eigenvalue weighted by Gasteiger charge is -2.26. The van der Waals surface area contributed by atoms with Crippen LogP contribution in [0.2, 0.25) is 0 Å². The number of aryl methyl sites for hydroxylation is 1. The number of nitrogens with two attached hydrogens (primary N) is 1. The number of benzene rings is 1. The average Bonchev–Trinajstić information content (AvgIpc) is 2.39. The topological polar surface area (TPSA) is 47.3 Å². The molecule has 18 heavy (non-hydrogen) atoms. The maximum Gasteiger partial charge on any atom is 0.0779 e. The lowest BCUT2D eigenvalue weighted by Crippen LogP contribution is -2.37. The number of hydrazine groups is 1. The van der Waals surface area contributed by atoms with Gasteiger partial charge >= 0.3 is 0 Å². The standard InChI is InChI=1S/C15H26N2O/c1-4-8-12-9-7-10-13(11-12)15(17-16)14(5-2)18-6-3/h7,9-11,14-15,17H,4-6,8,16H2,1-3H3. The van der Waals surface area contributed by atoms with Gasteiger partial charge in [0.2, 0.25) is 0 Å². The first-order valence-electron chi connectivity index (χ1n) is 6.93. The molecule has 0 amide bonds. The van der Waals surface area contributed by atoms with Gasteiger partial charge in [-0.15, -0.1) is 0 Å². The second-order valence-electron chi connectivity index (χ2n) is 4.54. The third-order valence-electron chi connectivity index (χ3n) is 3.18. The van der Waals surface area contributed by atoms with Crippen molar-refractivity contribution >= 4 is 0 Å². The molecule has 0 radical (unpaired) electrons. The molecule has 2 unspecified atom stereocenters. The summed E-state index contributed by atoms with van der Waals surface area (Å²) in [6.45, 7) is 7.05. The molecule has 0 bridgehead atoms. The van der Waals surface area contributed by atoms with E-state index in [9.17, 15) is 0 Å². The van der Waals surface area contributed by atoms with Crippen LogP contribution in [0.5, 0.6) is 0 Å². The average molecular weight is 250 g/mol. The van der Waals surface area contributed by atoms with Crippen molar-refractivity contribution in [1.82, 2.24) is 5.43 Å². The molecule has 0 spiro atoms. The minimum atomic E-state index is 0.0618. The van der Waals surface area contributed by atoms with Crippen LogP contribution in [0.3, 0.4) is 0 Å². The molecule has 0 saturated heterocycles. The second kappa shape index (κ2) is 8.25. The van der Waals surface area contributed by atoms with E-state index < -0.39 is 0 Å². The normalized spacial score (nSPS) is 14.4. The summed E-state index contributed by atoms with van der Waals surface area (Å²) in [5.74, 6) is 5.71. The van der Waals surface area contributed by atoms with Gasteiger partial charge in [0.05, 0.1) is 12.1 Å². The van der Waals surface area contributed by atoms with Crippen LogP contribution >= 0.6 is 0 Å². The molecule has 1 rings (SSSR count). The number of ether oxygens (including phenoxy) is 1. The summed E-state index contributed by atoms with van der Waals surface area (Å²) in [6.07, 6.45) is 3.33. The van der Waals surface area contributed by atoms with Gasteiger partial charge in [0.1, 0.15) is 0 Å². The van der Waals surface area contributed by atoms with E-state index in [1.54, 1.807) is 0 Å². The van der Waals surface area contributed by atoms with Crippen molar-refractivity contribution in [3.8, 4) is 0 Å². The van der Waals surface area contributed by atoms with Crippen LogP contribution < -0.4 is 11.3 Å². The van der Waals surface area contributed by atoms with E-state index in [1.807, 2.05) is 6.92 Å². The van der Waals surface area contributed by atoms with Gasteiger partial charge in [0.15, 0.2) is 0 Å². The molecular formula is C15H26N2O. The van der Waals surface area contributed by atoms with Gasteiger partial charge in [-0.2, -0.15) is 0 Å². The molecule has 0 aromatic heterocycles. The first-order valence-corrected chi connectivity index (χ1v) is 6.93. The van der Waals surface area contributed by atoms with E-state index in [0.29, 0.717) is 6.61 Å². The van der Waals surface area contributed by atoms with E-state index in [1.165, 1.54) is 11.1 Å². The minimum absolute atomic E-state index is 0.0618. The highest BCUT2D eigenvalue weighted by Gasteiger charge is 2.20. The zero-order valence-electron chi connectivity index (χ0n) is 11.8. The van der Waals surface area contributed by atoms with E-state index in [0.717, 1.165) is 19.3 Å². The van der Waals surface area contributed by atoms with Gasteiger partial charge < -0.3 is 4.74 Å². The van der Waals surface area contributed by atoms with Crippen molar-refractivity contribution in [2.45, 2.75) is 52.2 Å². The van der Waals surface area contributed by atoms with Gasteiger partial charge in [-0.05, 0) is 30.9 Å². The molecule has 0 aliphatic carbocycles. The highest BCUT2D eigenvalue weighted by Crippen LogP contribution is 2.22. The van der Waals surface area contributed by atoms with Crippen LogP contribution in [0.4, 0.5) is 0 Å². The first-order chi connectivity index (χ1) is 8.76. The first kappa shape index (κ1) is 15.2. The molecule has 1 aromatic carbocycles. The summed E-state index contributed by atoms with van der Waals surface area (Å²) in [5.41, 5.74) is 5.47. The molecule has 0 fully saturated rings. The third kappa shape index (κ3) is 4.09. The molecule has 0 saturated carbocycles. The third-order valence-corrected chi connectivity index (χ3v) is 3.18. The number of hydrogen-bond donors (Lipinski definition) is 2. The Balaban J connectivity index is 2.89. The van der Waals surface area contributed by atoms with E-state index in [4.69, 9.17) is 10.6 Å². The van der Waals surface area contributed by atoms with Crippen LogP contribution in [0.15, 0.2) is 24.3 Å². The van der Waals surface area contributed by atoms with Crippen molar-refractivity contribution in [3.05, 3.63) is 35.4 Å². The Kier molecular flexibility index (Phi) is 6.94. The molecule has 1 aromatic rings. The Morgan fingerprint density at radius 2 is 2.06 bits per heavy atom. The quantitative estimate of drug-likeness (QED) is 0.551. The van der Waals surface area contributed by atoms with Gasteiger partial charge in [0, 0.05) is 6.61 Å². The smallest absolute Gasteiger partial charge is 0.0779 e. The van der Waals surface area contributed by atoms with Gasteiger partial charge in [-0.25, -0.2) is 0 Å². The highest BCUT2D eigenvalue weighted by atomic mass is 16.5. The molecular weight excluding hydrogens is 224 g/mol. The molecule has 3 nitrogen and oxygen atoms in total. The monoisotopic (exact) mass is 250 g/mol. The molecule has 3 N–H and O–H groups in total. The van der Waals surface area contributed by atoms with Crippen molar-refractivity contribution in [2.24, 2.45) is 5.84 Å². The number of nitrogens with one attached hydrogen (secondary N) is 1. The molecule has 0 aliphatic heterocycles. The van der Waals surface area contributed by atoms with Crippen LogP contribution in [-0.2, 0) is 11.2 Å². The van der Waals surface area contributed by atoms with Gasteiger partial charge in [0.25, 0.3) is 0 Å². The van der Waals surface area contributed by atoms with Crippen LogP contribution in [-0.4, -0.2) is 12.7 Å². The molecule has 0 aliphatic rings. The summed E-state index contributed by atoms with van der Waals surface area (Å²) in [7, 11) is 0. The summed E-state index contributed by atoms with van der Waals surface area (Å²) in [5, 5.41) is 0. The van der Waals surface area contributed by atoms with E-state index in [-0.39, 0.29) is 12.1 Å². The molecule has 102 valence electrons. The Hall–Kier alpha value is -0.900. The summed E-state index contributed by atoms with van der Waals surface area (Å²) >= 11 is 0. The zero-order chi connectivity index (χ0) is 13.4. The summed E-state index contributed by atoms with van der Waals surface area (Å²) in [4.78, 5) is 0. The number of rotatable bonds is 8. The molecule has 3 heteroatoms. The highest BCUT2D eigenvalue weighted by molar-refractivity contribution is 5.27. The minimum Gasteiger partial charge on any atom is -0.376 e. The maximum atomic E-state index is 5.76. The van der Waals surface area contributed by atoms with Crippen LogP contribution in [0.1, 0.15) is 50.8 Å². The molecule has 0 heterocycles. The van der Waals surface area contributed by atoms with Crippen molar-refractivity contribution in [1.29, 1.82) is 0 Å². The van der Waals surface area contributed by atoms with Crippen molar-refractivity contribution < 1.29 is 4.74 Å². The Morgan fingerprint density at radius 3 is 2.61 bits per heavy atom. The number of hydrogen-bond acceptors (Lipinski definition) is 3. The van der Waals surface area contributed by atoms with E-state index >= 15 is 0 Å². The SMILES string of the molecule is CCCc1cccc(C(NN)C(CC)OCC)c1. The van der Waals surface area contributed by atoms with Crippen LogP contribution in [0.25, 0.3) is 0 Å². The van der Waals surface area contributed by atoms with Crippen molar-refractivity contribution in [3.63, 3.8) is 0 Å². The largest absolute Gasteiger partial charge is 0.376 e. The molecule has 2 atom stereocenters. The lowest BCUT2D eigenvalue weighted by atomic mass is 9.97. The fourth-order valence-electron chi connectivity index (χ4n) is 2.31.